The van der Waals surface area contributed by atoms with E-state index in [4.69, 9.17) is 5.11 Å². The predicted molar refractivity (Wildman–Crippen MR) is 118 cm³/mol. The molecule has 2 heterocycles. The van der Waals surface area contributed by atoms with E-state index in [1.807, 2.05) is 29.2 Å². The number of aliphatic carboxylic acids is 1. The van der Waals surface area contributed by atoms with Gasteiger partial charge in [0.05, 0.1) is 11.8 Å². The molecule has 1 unspecified atom stereocenters. The van der Waals surface area contributed by atoms with Gasteiger partial charge >= 0.3 is 5.97 Å². The Morgan fingerprint density at radius 3 is 2.16 bits per heavy atom. The fraction of sp³-hybridized carbons (Fsp3) is 0.583. The Balaban J connectivity index is 1.24. The van der Waals surface area contributed by atoms with E-state index in [1.165, 1.54) is 0 Å². The summed E-state index contributed by atoms with van der Waals surface area (Å²) in [6.07, 6.45) is 5.51. The van der Waals surface area contributed by atoms with Crippen molar-refractivity contribution in [3.05, 3.63) is 29.8 Å². The molecule has 0 radical (unpaired) electrons. The zero-order chi connectivity index (χ0) is 22.7. The number of hydrogen-bond acceptors (Lipinski definition) is 5. The van der Waals surface area contributed by atoms with Crippen LogP contribution in [-0.2, 0) is 19.2 Å². The van der Waals surface area contributed by atoms with E-state index in [-0.39, 0.29) is 35.5 Å². The van der Waals surface area contributed by atoms with E-state index < -0.39 is 5.97 Å². The lowest BCUT2D eigenvalue weighted by atomic mass is 9.84. The summed E-state index contributed by atoms with van der Waals surface area (Å²) in [4.78, 5) is 49.2. The van der Waals surface area contributed by atoms with Gasteiger partial charge in [-0.3, -0.25) is 24.5 Å². The molecule has 0 spiro atoms. The van der Waals surface area contributed by atoms with E-state index in [2.05, 4.69) is 10.6 Å². The fourth-order valence-corrected chi connectivity index (χ4v) is 5.15. The van der Waals surface area contributed by atoms with Crippen LogP contribution in [0.2, 0.25) is 0 Å². The SMILES string of the molecule is O=C1CCC(c2ccc(NC3CCC(C(=O)N4CCC(C(=O)O)CC4)CC3)cc2)C(=O)N1. The van der Waals surface area contributed by atoms with Crippen LogP contribution < -0.4 is 10.6 Å². The van der Waals surface area contributed by atoms with Crippen molar-refractivity contribution in [3.63, 3.8) is 0 Å². The number of nitrogens with zero attached hydrogens (tertiary/aromatic N) is 1. The molecular formula is C24H31N3O5. The summed E-state index contributed by atoms with van der Waals surface area (Å²) in [5.41, 5.74) is 1.91. The third-order valence-corrected chi connectivity index (χ3v) is 7.16. The van der Waals surface area contributed by atoms with Gasteiger partial charge in [-0.1, -0.05) is 12.1 Å². The van der Waals surface area contributed by atoms with Gasteiger partial charge in [-0.25, -0.2) is 0 Å². The van der Waals surface area contributed by atoms with E-state index in [0.29, 0.717) is 44.8 Å². The number of amides is 3. The smallest absolute Gasteiger partial charge is 0.306 e. The number of likely N-dealkylation sites (tertiary alicyclic amines) is 1. The summed E-state index contributed by atoms with van der Waals surface area (Å²) in [5, 5.41) is 15.1. The number of imide groups is 1. The Kier molecular flexibility index (Phi) is 6.77. The Morgan fingerprint density at radius 2 is 1.56 bits per heavy atom. The van der Waals surface area contributed by atoms with Crippen molar-refractivity contribution < 1.29 is 24.3 Å². The summed E-state index contributed by atoms with van der Waals surface area (Å²) < 4.78 is 0. The third kappa shape index (κ3) is 5.11. The highest BCUT2D eigenvalue weighted by Gasteiger charge is 2.33. The van der Waals surface area contributed by atoms with E-state index in [1.54, 1.807) is 0 Å². The quantitative estimate of drug-likeness (QED) is 0.605. The molecule has 3 aliphatic rings. The Bertz CT molecular complexity index is 868. The second-order valence-electron chi connectivity index (χ2n) is 9.26. The molecule has 1 atom stereocenters. The van der Waals surface area contributed by atoms with Crippen molar-refractivity contribution in [2.24, 2.45) is 11.8 Å². The van der Waals surface area contributed by atoms with Crippen LogP contribution in [0.25, 0.3) is 0 Å². The van der Waals surface area contributed by atoms with Gasteiger partial charge in [-0.2, -0.15) is 0 Å². The van der Waals surface area contributed by atoms with Crippen molar-refractivity contribution in [1.82, 2.24) is 10.2 Å². The molecule has 0 bridgehead atoms. The molecule has 32 heavy (non-hydrogen) atoms. The van der Waals surface area contributed by atoms with Gasteiger partial charge in [0.15, 0.2) is 0 Å². The molecule has 1 saturated carbocycles. The summed E-state index contributed by atoms with van der Waals surface area (Å²) >= 11 is 0. The van der Waals surface area contributed by atoms with Crippen LogP contribution in [-0.4, -0.2) is 52.8 Å². The molecule has 172 valence electrons. The normalized spacial score (nSPS) is 27.0. The highest BCUT2D eigenvalue weighted by atomic mass is 16.4. The van der Waals surface area contributed by atoms with E-state index in [0.717, 1.165) is 36.9 Å². The minimum Gasteiger partial charge on any atom is -0.481 e. The van der Waals surface area contributed by atoms with Crippen LogP contribution in [0.1, 0.15) is 62.8 Å². The molecule has 2 saturated heterocycles. The second-order valence-corrected chi connectivity index (χ2v) is 9.26. The van der Waals surface area contributed by atoms with Crippen molar-refractivity contribution >= 4 is 29.4 Å². The first-order chi connectivity index (χ1) is 15.4. The molecule has 3 N–H and O–H groups in total. The topological polar surface area (TPSA) is 116 Å². The lowest BCUT2D eigenvalue weighted by molar-refractivity contribution is -0.147. The molecule has 2 aliphatic heterocycles. The average molecular weight is 442 g/mol. The van der Waals surface area contributed by atoms with Gasteiger partial charge in [0.2, 0.25) is 17.7 Å². The number of benzene rings is 1. The molecule has 3 amide bonds. The molecule has 3 fully saturated rings. The number of piperidine rings is 2. The van der Waals surface area contributed by atoms with Gasteiger partial charge in [0, 0.05) is 37.2 Å². The Hall–Kier alpha value is -2.90. The van der Waals surface area contributed by atoms with Crippen LogP contribution in [0.15, 0.2) is 24.3 Å². The first kappa shape index (κ1) is 22.3. The minimum absolute atomic E-state index is 0.0318. The monoisotopic (exact) mass is 441 g/mol. The second kappa shape index (κ2) is 9.71. The lowest BCUT2D eigenvalue weighted by Gasteiger charge is -2.35. The van der Waals surface area contributed by atoms with Gasteiger partial charge in [0.1, 0.15) is 0 Å². The van der Waals surface area contributed by atoms with Gasteiger partial charge in [-0.05, 0) is 62.6 Å². The standard InChI is InChI=1S/C24H31N3O5/c28-21-10-9-20(22(29)26-21)15-1-5-18(6-2-15)25-19-7-3-16(4-8-19)23(30)27-13-11-17(12-14-27)24(31)32/h1-2,5-6,16-17,19-20,25H,3-4,7-14H2,(H,31,32)(H,26,28,29). The van der Waals surface area contributed by atoms with E-state index >= 15 is 0 Å². The minimum atomic E-state index is -0.756. The number of hydrogen-bond donors (Lipinski definition) is 3. The number of carboxylic acid groups (broad SMARTS) is 1. The molecule has 8 nitrogen and oxygen atoms in total. The number of carbonyl (C=O) groups is 4. The summed E-state index contributed by atoms with van der Waals surface area (Å²) in [7, 11) is 0. The lowest BCUT2D eigenvalue weighted by Crippen LogP contribution is -2.44. The van der Waals surface area contributed by atoms with Gasteiger partial charge in [0.25, 0.3) is 0 Å². The number of rotatable bonds is 5. The highest BCUT2D eigenvalue weighted by molar-refractivity contribution is 6.00. The maximum absolute atomic E-state index is 12.8. The van der Waals surface area contributed by atoms with Crippen molar-refractivity contribution in [1.29, 1.82) is 0 Å². The third-order valence-electron chi connectivity index (χ3n) is 7.16. The number of carboxylic acids is 1. The summed E-state index contributed by atoms with van der Waals surface area (Å²) in [6.45, 7) is 1.10. The van der Waals surface area contributed by atoms with Gasteiger partial charge in [-0.15, -0.1) is 0 Å². The van der Waals surface area contributed by atoms with Crippen LogP contribution in [0.3, 0.4) is 0 Å². The van der Waals surface area contributed by atoms with E-state index in [9.17, 15) is 19.2 Å². The number of nitrogens with one attached hydrogen (secondary N) is 2. The number of carbonyl (C=O) groups excluding carboxylic acids is 3. The first-order valence-electron chi connectivity index (χ1n) is 11.6. The van der Waals surface area contributed by atoms with Crippen LogP contribution in [0.4, 0.5) is 5.69 Å². The zero-order valence-corrected chi connectivity index (χ0v) is 18.2. The zero-order valence-electron chi connectivity index (χ0n) is 18.2. The van der Waals surface area contributed by atoms with Gasteiger partial charge < -0.3 is 15.3 Å². The molecule has 0 aromatic heterocycles. The van der Waals surface area contributed by atoms with Crippen LogP contribution >= 0.6 is 0 Å². The molecule has 1 aliphatic carbocycles. The molecule has 1 aromatic rings. The highest BCUT2D eigenvalue weighted by Crippen LogP contribution is 2.31. The molecule has 8 heteroatoms. The van der Waals surface area contributed by atoms with Crippen molar-refractivity contribution in [3.8, 4) is 0 Å². The summed E-state index contributed by atoms with van der Waals surface area (Å²) in [5.74, 6) is -1.57. The predicted octanol–water partition coefficient (Wildman–Crippen LogP) is 2.50. The van der Waals surface area contributed by atoms with Crippen molar-refractivity contribution in [2.45, 2.75) is 63.3 Å². The number of anilines is 1. The Morgan fingerprint density at radius 1 is 0.906 bits per heavy atom. The van der Waals surface area contributed by atoms with Crippen molar-refractivity contribution in [2.75, 3.05) is 18.4 Å². The molecular weight excluding hydrogens is 410 g/mol. The molecule has 1 aromatic carbocycles. The summed E-state index contributed by atoms with van der Waals surface area (Å²) in [6, 6.07) is 8.14. The van der Waals surface area contributed by atoms with Crippen LogP contribution in [0, 0.1) is 11.8 Å². The first-order valence-corrected chi connectivity index (χ1v) is 11.6. The maximum Gasteiger partial charge on any atom is 0.306 e. The average Bonchev–Trinajstić information content (AvgIpc) is 2.80. The van der Waals surface area contributed by atoms with Crippen LogP contribution in [0.5, 0.6) is 0 Å². The fourth-order valence-electron chi connectivity index (χ4n) is 5.15. The Labute approximate surface area is 187 Å². The largest absolute Gasteiger partial charge is 0.481 e. The maximum atomic E-state index is 12.8. The molecule has 4 rings (SSSR count).